The lowest BCUT2D eigenvalue weighted by Crippen LogP contribution is -2.49. The SMILES string of the molecule is Cc1c(F)cccc1CCC[C@H]1C[C@H]2CNCCN2C1=O. The molecule has 3 rings (SSSR count). The summed E-state index contributed by atoms with van der Waals surface area (Å²) in [4.78, 5) is 14.4. The van der Waals surface area contributed by atoms with E-state index in [0.717, 1.165) is 56.4 Å². The molecule has 1 N–H and O–H groups in total. The number of aryl methyl sites for hydroxylation is 1. The molecule has 2 heterocycles. The van der Waals surface area contributed by atoms with Gasteiger partial charge in [-0.1, -0.05) is 12.1 Å². The van der Waals surface area contributed by atoms with E-state index in [9.17, 15) is 9.18 Å². The highest BCUT2D eigenvalue weighted by Crippen LogP contribution is 2.29. The highest BCUT2D eigenvalue weighted by atomic mass is 19.1. The largest absolute Gasteiger partial charge is 0.337 e. The Morgan fingerprint density at radius 3 is 3.10 bits per heavy atom. The number of rotatable bonds is 4. The van der Waals surface area contributed by atoms with Crippen LogP contribution in [0.1, 0.15) is 30.4 Å². The third-order valence-corrected chi connectivity index (χ3v) is 4.92. The molecule has 0 aromatic heterocycles. The first-order valence-electron chi connectivity index (χ1n) is 7.92. The standard InChI is InChI=1S/C17H23FN2O/c1-12-13(5-3-7-16(12)18)4-2-6-14-10-15-11-19-8-9-20(15)17(14)21/h3,5,7,14-15,19H,2,4,6,8-11H2,1H3/t14-,15-/m0/s1. The van der Waals surface area contributed by atoms with E-state index >= 15 is 0 Å². The van der Waals surface area contributed by atoms with Crippen LogP contribution >= 0.6 is 0 Å². The van der Waals surface area contributed by atoms with Gasteiger partial charge in [0, 0.05) is 31.6 Å². The monoisotopic (exact) mass is 290 g/mol. The summed E-state index contributed by atoms with van der Waals surface area (Å²) in [5, 5.41) is 3.36. The van der Waals surface area contributed by atoms with Gasteiger partial charge in [0.15, 0.2) is 0 Å². The van der Waals surface area contributed by atoms with Crippen LogP contribution in [-0.4, -0.2) is 36.5 Å². The minimum atomic E-state index is -0.132. The van der Waals surface area contributed by atoms with Crippen molar-refractivity contribution >= 4 is 5.91 Å². The molecule has 1 aromatic rings. The van der Waals surface area contributed by atoms with Gasteiger partial charge in [0.25, 0.3) is 0 Å². The van der Waals surface area contributed by atoms with Gasteiger partial charge >= 0.3 is 0 Å². The molecule has 0 aliphatic carbocycles. The number of carbonyl (C=O) groups excluding carboxylic acids is 1. The van der Waals surface area contributed by atoms with Crippen LogP contribution in [0.2, 0.25) is 0 Å². The first-order chi connectivity index (χ1) is 10.2. The van der Waals surface area contributed by atoms with E-state index in [0.29, 0.717) is 11.9 Å². The summed E-state index contributed by atoms with van der Waals surface area (Å²) >= 11 is 0. The van der Waals surface area contributed by atoms with E-state index in [1.165, 1.54) is 6.07 Å². The average molecular weight is 290 g/mol. The molecule has 2 aliphatic rings. The molecule has 0 radical (unpaired) electrons. The highest BCUT2D eigenvalue weighted by molar-refractivity contribution is 5.81. The number of benzene rings is 1. The van der Waals surface area contributed by atoms with Crippen molar-refractivity contribution in [2.75, 3.05) is 19.6 Å². The second kappa shape index (κ2) is 6.14. The van der Waals surface area contributed by atoms with Gasteiger partial charge in [0.2, 0.25) is 5.91 Å². The molecule has 2 aliphatic heterocycles. The molecule has 114 valence electrons. The number of fused-ring (bicyclic) bond motifs is 1. The zero-order chi connectivity index (χ0) is 14.8. The second-order valence-corrected chi connectivity index (χ2v) is 6.24. The van der Waals surface area contributed by atoms with Gasteiger partial charge in [-0.3, -0.25) is 4.79 Å². The maximum absolute atomic E-state index is 13.5. The van der Waals surface area contributed by atoms with Crippen molar-refractivity contribution in [2.24, 2.45) is 5.92 Å². The number of hydrogen-bond donors (Lipinski definition) is 1. The van der Waals surface area contributed by atoms with Crippen molar-refractivity contribution in [3.8, 4) is 0 Å². The first-order valence-corrected chi connectivity index (χ1v) is 7.92. The molecule has 2 atom stereocenters. The Morgan fingerprint density at radius 1 is 1.43 bits per heavy atom. The van der Waals surface area contributed by atoms with Crippen LogP contribution in [0.5, 0.6) is 0 Å². The Labute approximate surface area is 125 Å². The number of nitrogens with one attached hydrogen (secondary N) is 1. The maximum atomic E-state index is 13.5. The fourth-order valence-corrected chi connectivity index (χ4v) is 3.63. The second-order valence-electron chi connectivity index (χ2n) is 6.24. The lowest BCUT2D eigenvalue weighted by Gasteiger charge is -2.30. The molecular formula is C17H23FN2O. The van der Waals surface area contributed by atoms with Crippen LogP contribution in [0.3, 0.4) is 0 Å². The molecule has 0 unspecified atom stereocenters. The molecule has 1 amide bonds. The van der Waals surface area contributed by atoms with Crippen LogP contribution in [0.15, 0.2) is 18.2 Å². The van der Waals surface area contributed by atoms with E-state index in [2.05, 4.69) is 10.2 Å². The highest BCUT2D eigenvalue weighted by Gasteiger charge is 2.39. The molecule has 4 heteroatoms. The lowest BCUT2D eigenvalue weighted by molar-refractivity contribution is -0.132. The normalized spacial score (nSPS) is 25.2. The molecular weight excluding hydrogens is 267 g/mol. The Kier molecular flexibility index (Phi) is 4.24. The molecule has 0 spiro atoms. The van der Waals surface area contributed by atoms with E-state index < -0.39 is 0 Å². The van der Waals surface area contributed by atoms with Gasteiger partial charge in [-0.15, -0.1) is 0 Å². The van der Waals surface area contributed by atoms with Gasteiger partial charge in [0.1, 0.15) is 5.82 Å². The average Bonchev–Trinajstić information content (AvgIpc) is 2.81. The molecule has 0 saturated carbocycles. The molecule has 2 fully saturated rings. The van der Waals surface area contributed by atoms with Crippen LogP contribution in [0.25, 0.3) is 0 Å². The Balaban J connectivity index is 1.54. The predicted molar refractivity (Wildman–Crippen MR) is 80.6 cm³/mol. The Hall–Kier alpha value is -1.42. The zero-order valence-electron chi connectivity index (χ0n) is 12.6. The molecule has 1 aromatic carbocycles. The molecule has 3 nitrogen and oxygen atoms in total. The Morgan fingerprint density at radius 2 is 2.29 bits per heavy atom. The summed E-state index contributed by atoms with van der Waals surface area (Å²) in [6.07, 6.45) is 3.71. The first kappa shape index (κ1) is 14.5. The topological polar surface area (TPSA) is 32.3 Å². The minimum Gasteiger partial charge on any atom is -0.337 e. The van der Waals surface area contributed by atoms with Gasteiger partial charge in [-0.25, -0.2) is 4.39 Å². The number of piperazine rings is 1. The lowest BCUT2D eigenvalue weighted by atomic mass is 9.95. The van der Waals surface area contributed by atoms with Gasteiger partial charge in [-0.2, -0.15) is 0 Å². The van der Waals surface area contributed by atoms with Crippen molar-refractivity contribution in [2.45, 2.75) is 38.6 Å². The number of halogens is 1. The summed E-state index contributed by atoms with van der Waals surface area (Å²) in [7, 11) is 0. The summed E-state index contributed by atoms with van der Waals surface area (Å²) < 4.78 is 13.5. The smallest absolute Gasteiger partial charge is 0.226 e. The maximum Gasteiger partial charge on any atom is 0.226 e. The van der Waals surface area contributed by atoms with Crippen LogP contribution in [0.4, 0.5) is 4.39 Å². The fourth-order valence-electron chi connectivity index (χ4n) is 3.63. The quantitative estimate of drug-likeness (QED) is 0.922. The van der Waals surface area contributed by atoms with Crippen molar-refractivity contribution in [3.63, 3.8) is 0 Å². The molecule has 21 heavy (non-hydrogen) atoms. The van der Waals surface area contributed by atoms with E-state index in [4.69, 9.17) is 0 Å². The van der Waals surface area contributed by atoms with Crippen molar-refractivity contribution in [1.29, 1.82) is 0 Å². The van der Waals surface area contributed by atoms with Gasteiger partial charge in [-0.05, 0) is 49.8 Å². The van der Waals surface area contributed by atoms with Crippen molar-refractivity contribution in [3.05, 3.63) is 35.1 Å². The van der Waals surface area contributed by atoms with Crippen molar-refractivity contribution in [1.82, 2.24) is 10.2 Å². The van der Waals surface area contributed by atoms with Gasteiger partial charge < -0.3 is 10.2 Å². The van der Waals surface area contributed by atoms with E-state index in [1.54, 1.807) is 6.07 Å². The number of hydrogen-bond acceptors (Lipinski definition) is 2. The molecule has 2 saturated heterocycles. The third kappa shape index (κ3) is 2.95. The van der Waals surface area contributed by atoms with Crippen LogP contribution in [0, 0.1) is 18.7 Å². The predicted octanol–water partition coefficient (Wildman–Crippen LogP) is 2.28. The van der Waals surface area contributed by atoms with Crippen LogP contribution < -0.4 is 5.32 Å². The van der Waals surface area contributed by atoms with Crippen molar-refractivity contribution < 1.29 is 9.18 Å². The third-order valence-electron chi connectivity index (χ3n) is 4.92. The zero-order valence-corrected chi connectivity index (χ0v) is 12.6. The fraction of sp³-hybridized carbons (Fsp3) is 0.588. The number of carbonyl (C=O) groups is 1. The van der Waals surface area contributed by atoms with Crippen LogP contribution in [-0.2, 0) is 11.2 Å². The summed E-state index contributed by atoms with van der Waals surface area (Å²) in [6.45, 7) is 4.53. The van der Waals surface area contributed by atoms with Gasteiger partial charge in [0.05, 0.1) is 0 Å². The number of nitrogens with zero attached hydrogens (tertiary/aromatic N) is 1. The minimum absolute atomic E-state index is 0.132. The Bertz CT molecular complexity index is 532. The summed E-state index contributed by atoms with van der Waals surface area (Å²) in [5.41, 5.74) is 1.82. The molecule has 0 bridgehead atoms. The summed E-state index contributed by atoms with van der Waals surface area (Å²) in [5.74, 6) is 0.369. The summed E-state index contributed by atoms with van der Waals surface area (Å²) in [6, 6.07) is 5.66. The van der Waals surface area contributed by atoms with E-state index in [1.807, 2.05) is 13.0 Å². The number of amides is 1. The van der Waals surface area contributed by atoms with E-state index in [-0.39, 0.29) is 11.7 Å².